The van der Waals surface area contributed by atoms with E-state index in [9.17, 15) is 0 Å². The molecule has 106 valence electrons. The number of nitrogens with zero attached hydrogens (tertiary/aromatic N) is 2. The van der Waals surface area contributed by atoms with Gasteiger partial charge in [0.05, 0.1) is 18.5 Å². The van der Waals surface area contributed by atoms with Crippen molar-refractivity contribution in [2.45, 2.75) is 13.5 Å². The molecule has 1 heterocycles. The molecular weight excluding hydrogens is 299 g/mol. The van der Waals surface area contributed by atoms with Gasteiger partial charge in [0.2, 0.25) is 5.28 Å². The highest BCUT2D eigenvalue weighted by molar-refractivity contribution is 6.31. The fourth-order valence-electron chi connectivity index (χ4n) is 1.76. The van der Waals surface area contributed by atoms with Gasteiger partial charge in [-0.1, -0.05) is 17.7 Å². The zero-order chi connectivity index (χ0) is 14.7. The maximum Gasteiger partial charge on any atom is 0.224 e. The number of ether oxygens (including phenoxy) is 1. The summed E-state index contributed by atoms with van der Waals surface area (Å²) in [4.78, 5) is 8.05. The molecule has 1 aromatic carbocycles. The van der Waals surface area contributed by atoms with E-state index in [1.165, 1.54) is 0 Å². The molecule has 3 N–H and O–H groups in total. The molecule has 7 heteroatoms. The lowest BCUT2D eigenvalue weighted by molar-refractivity contribution is 0.410. The van der Waals surface area contributed by atoms with Crippen LogP contribution in [0.5, 0.6) is 5.75 Å². The number of hydrogen-bond acceptors (Lipinski definition) is 5. The van der Waals surface area contributed by atoms with Crippen molar-refractivity contribution in [1.29, 1.82) is 0 Å². The Balaban J connectivity index is 2.26. The van der Waals surface area contributed by atoms with Gasteiger partial charge in [-0.3, -0.25) is 0 Å². The average Bonchev–Trinajstić information content (AvgIpc) is 2.42. The number of aromatic nitrogens is 2. The van der Waals surface area contributed by atoms with Gasteiger partial charge in [-0.2, -0.15) is 4.98 Å². The van der Waals surface area contributed by atoms with Crippen molar-refractivity contribution in [3.05, 3.63) is 39.8 Å². The van der Waals surface area contributed by atoms with Gasteiger partial charge in [0.25, 0.3) is 0 Å². The first kappa shape index (κ1) is 14.7. The standard InChI is InChI=1S/C13H14Cl2N4O/c1-7-11(16)12(19-13(15)18-7)17-6-8-9(14)4-3-5-10(8)20-2/h3-5H,6,16H2,1-2H3,(H,17,18,19). The van der Waals surface area contributed by atoms with Gasteiger partial charge < -0.3 is 15.8 Å². The number of aryl methyl sites for hydroxylation is 1. The van der Waals surface area contributed by atoms with Gasteiger partial charge in [0.1, 0.15) is 5.75 Å². The van der Waals surface area contributed by atoms with Gasteiger partial charge in [-0.05, 0) is 30.7 Å². The molecule has 1 aromatic heterocycles. The Labute approximate surface area is 127 Å². The van der Waals surface area contributed by atoms with Gasteiger partial charge in [-0.15, -0.1) is 0 Å². The third-order valence-corrected chi connectivity index (χ3v) is 3.36. The second-order valence-electron chi connectivity index (χ2n) is 4.11. The SMILES string of the molecule is COc1cccc(Cl)c1CNc1nc(Cl)nc(C)c1N. The number of nitrogens with two attached hydrogens (primary N) is 1. The lowest BCUT2D eigenvalue weighted by Gasteiger charge is -2.13. The van der Waals surface area contributed by atoms with Crippen molar-refractivity contribution < 1.29 is 4.74 Å². The number of nitrogen functional groups attached to an aromatic ring is 1. The van der Waals surface area contributed by atoms with Crippen LogP contribution in [0.4, 0.5) is 11.5 Å². The lowest BCUT2D eigenvalue weighted by Crippen LogP contribution is -2.08. The molecule has 0 unspecified atom stereocenters. The Morgan fingerprint density at radius 2 is 2.05 bits per heavy atom. The molecule has 0 aliphatic rings. The number of methoxy groups -OCH3 is 1. The second-order valence-corrected chi connectivity index (χ2v) is 4.86. The highest BCUT2D eigenvalue weighted by atomic mass is 35.5. The quantitative estimate of drug-likeness (QED) is 0.847. The Kier molecular flexibility index (Phi) is 4.52. The minimum Gasteiger partial charge on any atom is -0.496 e. The van der Waals surface area contributed by atoms with Crippen molar-refractivity contribution >= 4 is 34.7 Å². The van der Waals surface area contributed by atoms with Crippen molar-refractivity contribution in [3.8, 4) is 5.75 Å². The highest BCUT2D eigenvalue weighted by Gasteiger charge is 2.11. The molecule has 5 nitrogen and oxygen atoms in total. The zero-order valence-electron chi connectivity index (χ0n) is 11.1. The molecule has 0 radical (unpaired) electrons. The molecule has 0 amide bonds. The Morgan fingerprint density at radius 3 is 2.75 bits per heavy atom. The molecule has 2 aromatic rings. The van der Waals surface area contributed by atoms with Gasteiger partial charge >= 0.3 is 0 Å². The maximum atomic E-state index is 6.17. The summed E-state index contributed by atoms with van der Waals surface area (Å²) in [6.07, 6.45) is 0. The molecular formula is C13H14Cl2N4O. The smallest absolute Gasteiger partial charge is 0.224 e. The number of rotatable bonds is 4. The van der Waals surface area contributed by atoms with E-state index in [0.29, 0.717) is 34.5 Å². The van der Waals surface area contributed by atoms with Crippen LogP contribution >= 0.6 is 23.2 Å². The number of halogens is 2. The molecule has 2 rings (SSSR count). The van der Waals surface area contributed by atoms with Gasteiger partial charge in [0.15, 0.2) is 5.82 Å². The summed E-state index contributed by atoms with van der Waals surface area (Å²) >= 11 is 12.0. The van der Waals surface area contributed by atoms with E-state index in [1.807, 2.05) is 12.1 Å². The average molecular weight is 313 g/mol. The first-order valence-corrected chi connectivity index (χ1v) is 6.63. The third kappa shape index (κ3) is 3.05. The van der Waals surface area contributed by atoms with E-state index in [-0.39, 0.29) is 5.28 Å². The molecule has 20 heavy (non-hydrogen) atoms. The van der Waals surface area contributed by atoms with Crippen molar-refractivity contribution in [2.75, 3.05) is 18.2 Å². The zero-order valence-corrected chi connectivity index (χ0v) is 12.6. The molecule has 0 aliphatic carbocycles. The van der Waals surface area contributed by atoms with Crippen LogP contribution in [0, 0.1) is 6.92 Å². The molecule has 0 atom stereocenters. The molecule has 0 spiro atoms. The van der Waals surface area contributed by atoms with E-state index >= 15 is 0 Å². The fourth-order valence-corrected chi connectivity index (χ4v) is 2.20. The normalized spacial score (nSPS) is 10.4. The molecule has 0 bridgehead atoms. The minimum absolute atomic E-state index is 0.144. The van der Waals surface area contributed by atoms with E-state index < -0.39 is 0 Å². The number of hydrogen-bond donors (Lipinski definition) is 2. The molecule has 0 aliphatic heterocycles. The Hall–Kier alpha value is -1.72. The van der Waals surface area contributed by atoms with Crippen LogP contribution in [-0.2, 0) is 6.54 Å². The van der Waals surface area contributed by atoms with Crippen LogP contribution in [0.3, 0.4) is 0 Å². The third-order valence-electron chi connectivity index (χ3n) is 2.84. The van der Waals surface area contributed by atoms with E-state index in [4.69, 9.17) is 33.7 Å². The van der Waals surface area contributed by atoms with Crippen LogP contribution in [0.25, 0.3) is 0 Å². The van der Waals surface area contributed by atoms with E-state index in [2.05, 4.69) is 15.3 Å². The van der Waals surface area contributed by atoms with Gasteiger partial charge in [-0.25, -0.2) is 4.98 Å². The highest BCUT2D eigenvalue weighted by Crippen LogP contribution is 2.28. The van der Waals surface area contributed by atoms with Crippen LogP contribution < -0.4 is 15.8 Å². The van der Waals surface area contributed by atoms with E-state index in [0.717, 1.165) is 5.56 Å². The summed E-state index contributed by atoms with van der Waals surface area (Å²) in [5.74, 6) is 1.17. The van der Waals surface area contributed by atoms with Crippen molar-refractivity contribution in [2.24, 2.45) is 0 Å². The summed E-state index contributed by atoms with van der Waals surface area (Å²) in [6, 6.07) is 5.46. The minimum atomic E-state index is 0.144. The van der Waals surface area contributed by atoms with Crippen molar-refractivity contribution in [3.63, 3.8) is 0 Å². The lowest BCUT2D eigenvalue weighted by atomic mass is 10.2. The Bertz CT molecular complexity index is 634. The predicted molar refractivity (Wildman–Crippen MR) is 81.5 cm³/mol. The van der Waals surface area contributed by atoms with Crippen LogP contribution in [0.15, 0.2) is 18.2 Å². The predicted octanol–water partition coefficient (Wildman–Crippen LogP) is 3.29. The molecule has 0 saturated carbocycles. The Morgan fingerprint density at radius 1 is 1.30 bits per heavy atom. The molecule has 0 saturated heterocycles. The van der Waals surface area contributed by atoms with Gasteiger partial charge in [0, 0.05) is 17.1 Å². The number of benzene rings is 1. The van der Waals surface area contributed by atoms with Crippen molar-refractivity contribution in [1.82, 2.24) is 9.97 Å². The summed E-state index contributed by atoms with van der Waals surface area (Å²) in [7, 11) is 1.59. The first-order valence-electron chi connectivity index (χ1n) is 5.87. The van der Waals surface area contributed by atoms with Crippen LogP contribution in [0.2, 0.25) is 10.3 Å². The maximum absolute atomic E-state index is 6.17. The monoisotopic (exact) mass is 312 g/mol. The second kappa shape index (κ2) is 6.15. The van der Waals surface area contributed by atoms with E-state index in [1.54, 1.807) is 20.1 Å². The number of anilines is 2. The summed E-state index contributed by atoms with van der Waals surface area (Å²) in [5, 5.41) is 3.85. The first-order chi connectivity index (χ1) is 9.52. The topological polar surface area (TPSA) is 73.1 Å². The summed E-state index contributed by atoms with van der Waals surface area (Å²) in [6.45, 7) is 2.18. The van der Waals surface area contributed by atoms with Crippen LogP contribution in [0.1, 0.15) is 11.3 Å². The van der Waals surface area contributed by atoms with Crippen LogP contribution in [-0.4, -0.2) is 17.1 Å². The largest absolute Gasteiger partial charge is 0.496 e. The summed E-state index contributed by atoms with van der Waals surface area (Å²) in [5.41, 5.74) is 7.82. The molecule has 0 fully saturated rings. The summed E-state index contributed by atoms with van der Waals surface area (Å²) < 4.78 is 5.28. The fraction of sp³-hybridized carbons (Fsp3) is 0.231. The number of nitrogens with one attached hydrogen (secondary N) is 1.